The minimum Gasteiger partial charge on any atom is -0.369 e. The first-order chi connectivity index (χ1) is 11.5. The lowest BCUT2D eigenvalue weighted by Gasteiger charge is -2.12. The molecule has 0 aliphatic carbocycles. The number of amides is 2. The number of hydrogen-bond acceptors (Lipinski definition) is 3. The van der Waals surface area contributed by atoms with Crippen molar-refractivity contribution in [2.75, 3.05) is 13.1 Å². The molecule has 1 saturated heterocycles. The van der Waals surface area contributed by atoms with Crippen LogP contribution in [0, 0.1) is 11.7 Å². The average molecular weight is 344 g/mol. The second kappa shape index (κ2) is 6.97. The van der Waals surface area contributed by atoms with Crippen molar-refractivity contribution in [3.63, 3.8) is 0 Å². The van der Waals surface area contributed by atoms with Crippen LogP contribution in [0.3, 0.4) is 0 Å². The molecule has 1 aliphatic rings. The molecule has 4 nitrogen and oxygen atoms in total. The molecule has 0 spiro atoms. The summed E-state index contributed by atoms with van der Waals surface area (Å²) in [5, 5.41) is 0. The zero-order valence-corrected chi connectivity index (χ0v) is 13.8. The van der Waals surface area contributed by atoms with E-state index in [2.05, 4.69) is 0 Å². The summed E-state index contributed by atoms with van der Waals surface area (Å²) in [7, 11) is 0. The number of hydrogen-bond donors (Lipinski definition) is 1. The molecule has 2 heterocycles. The van der Waals surface area contributed by atoms with Gasteiger partial charge in [0.1, 0.15) is 5.82 Å². The fourth-order valence-corrected chi connectivity index (χ4v) is 3.64. The second-order valence-corrected chi connectivity index (χ2v) is 6.80. The number of nitrogens with two attached hydrogens (primary N) is 1. The first kappa shape index (κ1) is 16.4. The number of nitrogens with zero attached hydrogens (tertiary/aromatic N) is 1. The van der Waals surface area contributed by atoms with Gasteiger partial charge in [0.25, 0.3) is 0 Å². The fraction of sp³-hybridized carbons (Fsp3) is 0.222. The van der Waals surface area contributed by atoms with Crippen molar-refractivity contribution >= 4 is 29.2 Å². The Balaban J connectivity index is 1.67. The molecule has 3 rings (SSSR count). The number of carbonyl (C=O) groups is 2. The van der Waals surface area contributed by atoms with Gasteiger partial charge in [0.05, 0.1) is 5.92 Å². The van der Waals surface area contributed by atoms with Gasteiger partial charge < -0.3 is 10.6 Å². The molecule has 1 aliphatic heterocycles. The van der Waals surface area contributed by atoms with Crippen LogP contribution in [-0.4, -0.2) is 29.8 Å². The highest BCUT2D eigenvalue weighted by atomic mass is 32.1. The second-order valence-electron chi connectivity index (χ2n) is 5.69. The van der Waals surface area contributed by atoms with Crippen molar-refractivity contribution in [3.05, 3.63) is 53.2 Å². The van der Waals surface area contributed by atoms with Gasteiger partial charge in [0.15, 0.2) is 0 Å². The molecule has 2 N–H and O–H groups in total. The van der Waals surface area contributed by atoms with Gasteiger partial charge in [-0.25, -0.2) is 4.39 Å². The molecule has 124 valence electrons. The highest BCUT2D eigenvalue weighted by molar-refractivity contribution is 7.16. The Kier molecular flexibility index (Phi) is 4.76. The van der Waals surface area contributed by atoms with Gasteiger partial charge in [-0.2, -0.15) is 0 Å². The molecule has 2 aromatic rings. The van der Waals surface area contributed by atoms with E-state index in [1.54, 1.807) is 29.2 Å². The van der Waals surface area contributed by atoms with E-state index in [9.17, 15) is 14.0 Å². The highest BCUT2D eigenvalue weighted by Gasteiger charge is 2.28. The Hall–Kier alpha value is -2.47. The van der Waals surface area contributed by atoms with Crippen LogP contribution in [0.15, 0.2) is 42.5 Å². The molecule has 0 radical (unpaired) electrons. The third kappa shape index (κ3) is 3.54. The van der Waals surface area contributed by atoms with Crippen molar-refractivity contribution in [1.82, 2.24) is 4.90 Å². The summed E-state index contributed by atoms with van der Waals surface area (Å²) in [4.78, 5) is 26.6. The number of halogens is 1. The molecule has 0 saturated carbocycles. The van der Waals surface area contributed by atoms with Gasteiger partial charge in [0.2, 0.25) is 11.8 Å². The van der Waals surface area contributed by atoms with Crippen molar-refractivity contribution in [1.29, 1.82) is 0 Å². The lowest BCUT2D eigenvalue weighted by atomic mass is 10.1. The maximum Gasteiger partial charge on any atom is 0.246 e. The van der Waals surface area contributed by atoms with Crippen molar-refractivity contribution in [2.45, 2.75) is 6.42 Å². The monoisotopic (exact) mass is 344 g/mol. The topological polar surface area (TPSA) is 63.4 Å². The molecule has 0 bridgehead atoms. The minimum absolute atomic E-state index is 0.139. The summed E-state index contributed by atoms with van der Waals surface area (Å²) in [5.41, 5.74) is 5.82. The lowest BCUT2D eigenvalue weighted by molar-refractivity contribution is -0.125. The predicted octanol–water partition coefficient (Wildman–Crippen LogP) is 2.90. The average Bonchev–Trinajstić information content (AvgIpc) is 3.22. The summed E-state index contributed by atoms with van der Waals surface area (Å²) in [6, 6.07) is 10.3. The minimum atomic E-state index is -0.359. The number of likely N-dealkylation sites (tertiary alicyclic amines) is 1. The van der Waals surface area contributed by atoms with E-state index in [0.29, 0.717) is 25.1 Å². The molecule has 1 fully saturated rings. The summed E-state index contributed by atoms with van der Waals surface area (Å²) in [5.74, 6) is -1.01. The van der Waals surface area contributed by atoms with Gasteiger partial charge in [-0.15, -0.1) is 11.3 Å². The zero-order chi connectivity index (χ0) is 17.1. The molecule has 6 heteroatoms. The molecule has 1 atom stereocenters. The Morgan fingerprint density at radius 3 is 2.75 bits per heavy atom. The van der Waals surface area contributed by atoms with E-state index >= 15 is 0 Å². The Morgan fingerprint density at radius 2 is 2.04 bits per heavy atom. The highest BCUT2D eigenvalue weighted by Crippen LogP contribution is 2.30. The summed E-state index contributed by atoms with van der Waals surface area (Å²) < 4.78 is 13.8. The first-order valence-electron chi connectivity index (χ1n) is 7.65. The number of thiophene rings is 1. The van der Waals surface area contributed by atoms with E-state index in [1.165, 1.54) is 23.5 Å². The molecule has 1 unspecified atom stereocenters. The third-order valence-electron chi connectivity index (χ3n) is 4.06. The van der Waals surface area contributed by atoms with E-state index < -0.39 is 0 Å². The standard InChI is InChI=1S/C18H17FN2O2S/c19-15-4-2-1-3-14(15)16-7-5-13(24-16)6-8-17(22)21-10-9-12(11-21)18(20)23/h1-8,12H,9-11H2,(H2,20,23)/b8-6+. The van der Waals surface area contributed by atoms with Crippen LogP contribution in [0.4, 0.5) is 4.39 Å². The van der Waals surface area contributed by atoms with Crippen LogP contribution in [-0.2, 0) is 9.59 Å². The summed E-state index contributed by atoms with van der Waals surface area (Å²) in [6.07, 6.45) is 3.82. The van der Waals surface area contributed by atoms with E-state index in [4.69, 9.17) is 5.73 Å². The molecule has 2 amide bonds. The van der Waals surface area contributed by atoms with Gasteiger partial charge in [-0.3, -0.25) is 9.59 Å². The third-order valence-corrected chi connectivity index (χ3v) is 5.14. The van der Waals surface area contributed by atoms with Crippen LogP contribution in [0.2, 0.25) is 0 Å². The maximum atomic E-state index is 13.8. The first-order valence-corrected chi connectivity index (χ1v) is 8.47. The van der Waals surface area contributed by atoms with Crippen molar-refractivity contribution < 1.29 is 14.0 Å². The Bertz CT molecular complexity index is 800. The van der Waals surface area contributed by atoms with Crippen molar-refractivity contribution in [3.8, 4) is 10.4 Å². The zero-order valence-electron chi connectivity index (χ0n) is 12.9. The number of benzene rings is 1. The van der Waals surface area contributed by atoms with E-state index in [-0.39, 0.29) is 23.5 Å². The van der Waals surface area contributed by atoms with Crippen LogP contribution in [0.1, 0.15) is 11.3 Å². The van der Waals surface area contributed by atoms with Crippen LogP contribution < -0.4 is 5.73 Å². The molecule has 1 aromatic heterocycles. The van der Waals surface area contributed by atoms with Crippen LogP contribution in [0.5, 0.6) is 0 Å². The van der Waals surface area contributed by atoms with E-state index in [1.807, 2.05) is 12.1 Å². The number of rotatable bonds is 4. The largest absolute Gasteiger partial charge is 0.369 e. The fourth-order valence-electron chi connectivity index (χ4n) is 2.70. The smallest absolute Gasteiger partial charge is 0.246 e. The number of carbonyl (C=O) groups excluding carboxylic acids is 2. The maximum absolute atomic E-state index is 13.8. The normalized spacial score (nSPS) is 17.5. The lowest BCUT2D eigenvalue weighted by Crippen LogP contribution is -2.30. The summed E-state index contributed by atoms with van der Waals surface area (Å²) >= 11 is 1.42. The predicted molar refractivity (Wildman–Crippen MR) is 92.6 cm³/mol. The van der Waals surface area contributed by atoms with Crippen LogP contribution in [0.25, 0.3) is 16.5 Å². The van der Waals surface area contributed by atoms with Gasteiger partial charge in [-0.05, 0) is 30.7 Å². The molecule has 24 heavy (non-hydrogen) atoms. The Labute approximate surface area is 143 Å². The van der Waals surface area contributed by atoms with E-state index in [0.717, 1.165) is 9.75 Å². The molecule has 1 aromatic carbocycles. The number of primary amides is 1. The quantitative estimate of drug-likeness (QED) is 0.867. The summed E-state index contributed by atoms with van der Waals surface area (Å²) in [6.45, 7) is 0.922. The van der Waals surface area contributed by atoms with Crippen molar-refractivity contribution in [2.24, 2.45) is 11.7 Å². The Morgan fingerprint density at radius 1 is 1.25 bits per heavy atom. The molecular weight excluding hydrogens is 327 g/mol. The SMILES string of the molecule is NC(=O)C1CCN(C(=O)/C=C/c2ccc(-c3ccccc3F)s2)C1. The van der Waals surface area contributed by atoms with Gasteiger partial charge in [-0.1, -0.05) is 18.2 Å². The molecular formula is C18H17FN2O2S. The van der Waals surface area contributed by atoms with Crippen LogP contribution >= 0.6 is 11.3 Å². The van der Waals surface area contributed by atoms with Gasteiger partial charge >= 0.3 is 0 Å². The van der Waals surface area contributed by atoms with Gasteiger partial charge in [0, 0.05) is 34.5 Å².